The van der Waals surface area contributed by atoms with Gasteiger partial charge in [-0.2, -0.15) is 0 Å². The van der Waals surface area contributed by atoms with Crippen LogP contribution in [0.3, 0.4) is 0 Å². The SMILES string of the molecule is Cc1ccccc1-c1ccc(N(c2ccc(-c3ccccc3C)cc2)c2ccc(C3C([O-])C(c4ccc(N(c5ccc(-c6ccccc6C)cc5)c5ccc(-c6ccccc6C)cc5)c5cc6ccccc6cc45)C3[O-])c3cc4ccccc4cc23)cc1. The van der Waals surface area contributed by atoms with Gasteiger partial charge in [0, 0.05) is 33.5 Å². The topological polar surface area (TPSA) is 52.6 Å². The minimum atomic E-state index is -1.21. The molecule has 1 saturated carbocycles. The van der Waals surface area contributed by atoms with Gasteiger partial charge in [0.25, 0.3) is 0 Å². The summed E-state index contributed by atoms with van der Waals surface area (Å²) < 4.78 is 0. The molecule has 0 heterocycles. The van der Waals surface area contributed by atoms with Crippen LogP contribution in [0.25, 0.3) is 87.6 Å². The van der Waals surface area contributed by atoms with Crippen LogP contribution in [0.4, 0.5) is 34.1 Å². The molecule has 0 radical (unpaired) electrons. The van der Waals surface area contributed by atoms with Crippen LogP contribution < -0.4 is 20.0 Å². The number of rotatable bonds is 12. The first-order chi connectivity index (χ1) is 43.1. The molecule has 0 atom stereocenters. The van der Waals surface area contributed by atoms with Crippen LogP contribution >= 0.6 is 0 Å². The average Bonchev–Trinajstić information content (AvgIpc) is 0.790. The van der Waals surface area contributed by atoms with Crippen LogP contribution in [0, 0.1) is 27.7 Å². The molecule has 14 aromatic rings. The second kappa shape index (κ2) is 22.5. The molecule has 0 aromatic heterocycles. The van der Waals surface area contributed by atoms with Crippen molar-refractivity contribution in [2.45, 2.75) is 51.7 Å². The normalized spacial score (nSPS) is 15.6. The number of aryl methyl sites for hydroxylation is 4. The smallest absolute Gasteiger partial charge is 0.0540 e. The summed E-state index contributed by atoms with van der Waals surface area (Å²) in [5.74, 6) is -1.58. The van der Waals surface area contributed by atoms with E-state index in [1.165, 1.54) is 44.5 Å². The van der Waals surface area contributed by atoms with Crippen molar-refractivity contribution >= 4 is 77.2 Å². The van der Waals surface area contributed by atoms with Gasteiger partial charge in [-0.25, -0.2) is 0 Å². The number of hydrogen-bond donors (Lipinski definition) is 0. The van der Waals surface area contributed by atoms with Gasteiger partial charge in [0.2, 0.25) is 0 Å². The van der Waals surface area contributed by atoms with Crippen LogP contribution in [-0.2, 0) is 0 Å². The van der Waals surface area contributed by atoms with Crippen LogP contribution in [0.2, 0.25) is 0 Å². The van der Waals surface area contributed by atoms with Gasteiger partial charge < -0.3 is 20.0 Å². The standard InChI is InChI=1S/C84H64N2O2/c1-53-17-5-13-25-69(53)57-29-37-65(38-30-57)85(66-39-31-58(32-40-66)70-26-14-6-18-54(70)2)79-47-45-73(75-49-61-21-9-11-23-63(61)51-77(75)79)81-83(87)82(84(81)88)74-46-48-80(78-52-64-24-12-10-22-62(64)50-76(74)78)86(67-41-33-59(34-42-67)71-27-15-7-19-55(71)3)68-43-35-60(36-44-68)72-28-16-8-20-56(72)4/h5-52,81-84H,1-4H3/q-2. The summed E-state index contributed by atoms with van der Waals surface area (Å²) in [5, 5.41) is 39.4. The minimum Gasteiger partial charge on any atom is -0.851 e. The molecule has 15 rings (SSSR count). The first-order valence-corrected chi connectivity index (χ1v) is 30.6. The molecule has 1 aliphatic rings. The summed E-state index contributed by atoms with van der Waals surface area (Å²) in [4.78, 5) is 4.66. The molecule has 0 aliphatic heterocycles. The predicted octanol–water partition coefficient (Wildman–Crippen LogP) is 20.5. The molecular formula is C84H64N2O2-2. The lowest BCUT2D eigenvalue weighted by Gasteiger charge is -2.62. The third-order valence-corrected chi connectivity index (χ3v) is 18.7. The Morgan fingerprint density at radius 1 is 0.250 bits per heavy atom. The van der Waals surface area contributed by atoms with Crippen molar-refractivity contribution in [3.63, 3.8) is 0 Å². The molecule has 14 aromatic carbocycles. The zero-order valence-electron chi connectivity index (χ0n) is 49.7. The number of anilines is 6. The summed E-state index contributed by atoms with van der Waals surface area (Å²) in [5.41, 5.74) is 21.7. The molecule has 424 valence electrons. The zero-order valence-corrected chi connectivity index (χ0v) is 49.7. The van der Waals surface area contributed by atoms with E-state index in [0.29, 0.717) is 0 Å². The maximum atomic E-state index is 15.7. The maximum absolute atomic E-state index is 15.7. The Morgan fingerprint density at radius 3 is 0.750 bits per heavy atom. The molecule has 0 bridgehead atoms. The Kier molecular flexibility index (Phi) is 13.9. The maximum Gasteiger partial charge on any atom is 0.0540 e. The monoisotopic (exact) mass is 1130 g/mol. The van der Waals surface area contributed by atoms with E-state index in [2.05, 4.69) is 329 Å². The van der Waals surface area contributed by atoms with E-state index < -0.39 is 24.0 Å². The van der Waals surface area contributed by atoms with Gasteiger partial charge in [-0.05, 0) is 235 Å². The van der Waals surface area contributed by atoms with Crippen LogP contribution in [0.5, 0.6) is 0 Å². The molecule has 1 aliphatic carbocycles. The lowest BCUT2D eigenvalue weighted by atomic mass is 9.62. The van der Waals surface area contributed by atoms with E-state index >= 15 is 10.2 Å². The Balaban J connectivity index is 0.849. The fraction of sp³-hybridized carbons (Fsp3) is 0.0952. The molecule has 4 heteroatoms. The zero-order chi connectivity index (χ0) is 59.6. The van der Waals surface area contributed by atoms with E-state index in [1.54, 1.807) is 0 Å². The average molecular weight is 1130 g/mol. The van der Waals surface area contributed by atoms with E-state index in [4.69, 9.17) is 0 Å². The van der Waals surface area contributed by atoms with E-state index in [-0.39, 0.29) is 0 Å². The molecular weight excluding hydrogens is 1070 g/mol. The number of nitrogens with zero attached hydrogens (tertiary/aromatic N) is 2. The second-order valence-corrected chi connectivity index (χ2v) is 23.9. The largest absolute Gasteiger partial charge is 0.851 e. The number of fused-ring (bicyclic) bond motifs is 4. The van der Waals surface area contributed by atoms with Gasteiger partial charge in [-0.1, -0.05) is 206 Å². The third-order valence-electron chi connectivity index (χ3n) is 18.7. The van der Waals surface area contributed by atoms with Gasteiger partial charge in [0.05, 0.1) is 11.4 Å². The van der Waals surface area contributed by atoms with Crippen molar-refractivity contribution in [2.24, 2.45) is 0 Å². The molecule has 0 spiro atoms. The Bertz CT molecular complexity index is 4450. The van der Waals surface area contributed by atoms with Gasteiger partial charge in [0.15, 0.2) is 0 Å². The first-order valence-electron chi connectivity index (χ1n) is 30.6. The molecule has 4 nitrogen and oxygen atoms in total. The van der Waals surface area contributed by atoms with Crippen molar-refractivity contribution in [2.75, 3.05) is 9.80 Å². The molecule has 88 heavy (non-hydrogen) atoms. The highest BCUT2D eigenvalue weighted by atomic mass is 16.3. The van der Waals surface area contributed by atoms with Gasteiger partial charge >= 0.3 is 0 Å². The minimum absolute atomic E-state index is 0.789. The first kappa shape index (κ1) is 54.3. The third kappa shape index (κ3) is 9.59. The van der Waals surface area contributed by atoms with Crippen molar-refractivity contribution in [1.82, 2.24) is 0 Å². The van der Waals surface area contributed by atoms with E-state index in [1.807, 2.05) is 0 Å². The lowest BCUT2D eigenvalue weighted by Crippen LogP contribution is -2.63. The Hall–Kier alpha value is -10.4. The van der Waals surface area contributed by atoms with Gasteiger partial charge in [0.1, 0.15) is 0 Å². The van der Waals surface area contributed by atoms with Gasteiger partial charge in [-0.15, -0.1) is 12.2 Å². The van der Waals surface area contributed by atoms with E-state index in [0.717, 1.165) is 111 Å². The van der Waals surface area contributed by atoms with Gasteiger partial charge in [-0.3, -0.25) is 0 Å². The van der Waals surface area contributed by atoms with E-state index in [9.17, 15) is 0 Å². The highest BCUT2D eigenvalue weighted by Gasteiger charge is 2.40. The quantitative estimate of drug-likeness (QED) is 0.114. The summed E-state index contributed by atoms with van der Waals surface area (Å²) in [6.07, 6.45) is -2.41. The van der Waals surface area contributed by atoms with Crippen molar-refractivity contribution < 1.29 is 10.2 Å². The molecule has 0 unspecified atom stereocenters. The van der Waals surface area contributed by atoms with Crippen molar-refractivity contribution in [3.05, 3.63) is 325 Å². The summed E-state index contributed by atoms with van der Waals surface area (Å²) in [6.45, 7) is 8.62. The Morgan fingerprint density at radius 2 is 0.489 bits per heavy atom. The Labute approximate surface area is 515 Å². The molecule has 0 saturated heterocycles. The van der Waals surface area contributed by atoms with Crippen LogP contribution in [-0.4, -0.2) is 12.2 Å². The van der Waals surface area contributed by atoms with Crippen LogP contribution in [0.1, 0.15) is 45.2 Å². The number of hydrogen-bond acceptors (Lipinski definition) is 4. The summed E-state index contributed by atoms with van der Waals surface area (Å²) in [7, 11) is 0. The summed E-state index contributed by atoms with van der Waals surface area (Å²) >= 11 is 0. The fourth-order valence-corrected chi connectivity index (χ4v) is 14.0. The number of benzene rings is 14. The van der Waals surface area contributed by atoms with Crippen molar-refractivity contribution in [3.8, 4) is 44.5 Å². The predicted molar refractivity (Wildman–Crippen MR) is 366 cm³/mol. The molecule has 1 fully saturated rings. The highest BCUT2D eigenvalue weighted by Crippen LogP contribution is 2.53. The second-order valence-electron chi connectivity index (χ2n) is 23.9. The molecule has 0 amide bonds. The summed E-state index contributed by atoms with van der Waals surface area (Å²) in [6, 6.07) is 104. The lowest BCUT2D eigenvalue weighted by molar-refractivity contribution is -0.535. The van der Waals surface area contributed by atoms with Crippen molar-refractivity contribution in [1.29, 1.82) is 0 Å². The van der Waals surface area contributed by atoms with Crippen LogP contribution in [0.15, 0.2) is 291 Å². The highest BCUT2D eigenvalue weighted by molar-refractivity contribution is 6.10. The fourth-order valence-electron chi connectivity index (χ4n) is 14.0. The molecule has 0 N–H and O–H groups in total.